The number of hydrogen-bond acceptors (Lipinski definition) is 3. The van der Waals surface area contributed by atoms with E-state index in [0.717, 1.165) is 24.7 Å². The van der Waals surface area contributed by atoms with E-state index in [1.165, 1.54) is 12.8 Å². The van der Waals surface area contributed by atoms with Crippen LogP contribution in [0, 0.1) is 5.92 Å². The molecule has 2 unspecified atom stereocenters. The maximum atomic E-state index is 4.34. The largest absolute Gasteiger partial charge is 0.308 e. The Morgan fingerprint density at radius 1 is 1.25 bits per heavy atom. The molecule has 0 radical (unpaired) electrons. The van der Waals surface area contributed by atoms with Gasteiger partial charge in [-0.3, -0.25) is 0 Å². The van der Waals surface area contributed by atoms with Crippen molar-refractivity contribution in [3.05, 3.63) is 24.3 Å². The fourth-order valence-electron chi connectivity index (χ4n) is 2.03. The van der Waals surface area contributed by atoms with Gasteiger partial charge in [0.05, 0.1) is 6.04 Å². The van der Waals surface area contributed by atoms with Crippen LogP contribution in [0.2, 0.25) is 0 Å². The first-order chi connectivity index (χ1) is 7.77. The van der Waals surface area contributed by atoms with Gasteiger partial charge in [-0.2, -0.15) is 0 Å². The molecular weight excluding hydrogens is 198 g/mol. The standard InChI is InChI=1S/C13H23N3/c1-4-7-11(3)10-12(14-5-2)13-15-8-6-9-16-13/h6,8-9,11-12,14H,4-5,7,10H2,1-3H3. The second kappa shape index (κ2) is 7.34. The molecule has 1 aromatic heterocycles. The topological polar surface area (TPSA) is 37.8 Å². The summed E-state index contributed by atoms with van der Waals surface area (Å²) in [5, 5.41) is 3.46. The SMILES string of the molecule is CCCC(C)CC(NCC)c1ncccn1. The lowest BCUT2D eigenvalue weighted by Crippen LogP contribution is -2.24. The molecule has 0 aliphatic carbocycles. The van der Waals surface area contributed by atoms with E-state index in [-0.39, 0.29) is 0 Å². The first-order valence-corrected chi connectivity index (χ1v) is 6.28. The van der Waals surface area contributed by atoms with Crippen molar-refractivity contribution in [1.82, 2.24) is 15.3 Å². The molecule has 0 aliphatic rings. The zero-order valence-electron chi connectivity index (χ0n) is 10.6. The van der Waals surface area contributed by atoms with Gasteiger partial charge in [0.15, 0.2) is 0 Å². The fraction of sp³-hybridized carbons (Fsp3) is 0.692. The van der Waals surface area contributed by atoms with Gasteiger partial charge in [-0.15, -0.1) is 0 Å². The van der Waals surface area contributed by atoms with Gasteiger partial charge < -0.3 is 5.32 Å². The molecule has 1 N–H and O–H groups in total. The highest BCUT2D eigenvalue weighted by Crippen LogP contribution is 2.20. The van der Waals surface area contributed by atoms with Crippen molar-refractivity contribution in [2.24, 2.45) is 5.92 Å². The second-order valence-corrected chi connectivity index (χ2v) is 4.35. The summed E-state index contributed by atoms with van der Waals surface area (Å²) in [6.45, 7) is 7.62. The van der Waals surface area contributed by atoms with Crippen molar-refractivity contribution in [3.63, 3.8) is 0 Å². The number of aromatic nitrogens is 2. The Bertz CT molecular complexity index is 274. The second-order valence-electron chi connectivity index (χ2n) is 4.35. The van der Waals surface area contributed by atoms with Crippen LogP contribution in [0.5, 0.6) is 0 Å². The molecule has 0 fully saturated rings. The zero-order chi connectivity index (χ0) is 11.8. The van der Waals surface area contributed by atoms with Gasteiger partial charge in [0.25, 0.3) is 0 Å². The van der Waals surface area contributed by atoms with Crippen LogP contribution in [0.15, 0.2) is 18.5 Å². The van der Waals surface area contributed by atoms with Gasteiger partial charge in [-0.25, -0.2) is 9.97 Å². The summed E-state index contributed by atoms with van der Waals surface area (Å²) in [5.41, 5.74) is 0. The van der Waals surface area contributed by atoms with Crippen LogP contribution in [0.3, 0.4) is 0 Å². The van der Waals surface area contributed by atoms with Crippen molar-refractivity contribution < 1.29 is 0 Å². The van der Waals surface area contributed by atoms with Gasteiger partial charge in [0.1, 0.15) is 5.82 Å². The molecule has 0 aliphatic heterocycles. The number of nitrogens with zero attached hydrogens (tertiary/aromatic N) is 2. The molecular formula is C13H23N3. The van der Waals surface area contributed by atoms with E-state index >= 15 is 0 Å². The maximum Gasteiger partial charge on any atom is 0.145 e. The summed E-state index contributed by atoms with van der Waals surface area (Å²) in [4.78, 5) is 8.67. The van der Waals surface area contributed by atoms with Crippen LogP contribution in [0.4, 0.5) is 0 Å². The molecule has 0 amide bonds. The third kappa shape index (κ3) is 4.27. The van der Waals surface area contributed by atoms with Crippen molar-refractivity contribution in [2.45, 2.75) is 46.1 Å². The van der Waals surface area contributed by atoms with E-state index in [0.29, 0.717) is 6.04 Å². The van der Waals surface area contributed by atoms with Crippen molar-refractivity contribution in [3.8, 4) is 0 Å². The van der Waals surface area contributed by atoms with Crippen LogP contribution in [0.1, 0.15) is 51.9 Å². The average Bonchev–Trinajstić information content (AvgIpc) is 2.30. The summed E-state index contributed by atoms with van der Waals surface area (Å²) in [5.74, 6) is 1.64. The fourth-order valence-corrected chi connectivity index (χ4v) is 2.03. The summed E-state index contributed by atoms with van der Waals surface area (Å²) in [6.07, 6.45) is 7.27. The molecule has 0 bridgehead atoms. The third-order valence-corrected chi connectivity index (χ3v) is 2.77. The van der Waals surface area contributed by atoms with E-state index in [1.54, 1.807) is 0 Å². The Morgan fingerprint density at radius 2 is 1.94 bits per heavy atom. The van der Waals surface area contributed by atoms with E-state index in [1.807, 2.05) is 18.5 Å². The predicted octanol–water partition coefficient (Wildman–Crippen LogP) is 2.95. The lowest BCUT2D eigenvalue weighted by molar-refractivity contribution is 0.383. The van der Waals surface area contributed by atoms with Gasteiger partial charge >= 0.3 is 0 Å². The molecule has 3 heteroatoms. The Labute approximate surface area is 98.7 Å². The maximum absolute atomic E-state index is 4.34. The lowest BCUT2D eigenvalue weighted by atomic mass is 9.97. The Kier molecular flexibility index (Phi) is 6.01. The molecule has 2 atom stereocenters. The van der Waals surface area contributed by atoms with E-state index in [2.05, 4.69) is 36.1 Å². The van der Waals surface area contributed by atoms with Gasteiger partial charge in [-0.1, -0.05) is 33.6 Å². The highest BCUT2D eigenvalue weighted by atomic mass is 15.0. The first kappa shape index (κ1) is 13.1. The van der Waals surface area contributed by atoms with E-state index in [4.69, 9.17) is 0 Å². The smallest absolute Gasteiger partial charge is 0.145 e. The molecule has 3 nitrogen and oxygen atoms in total. The summed E-state index contributed by atoms with van der Waals surface area (Å²) in [6, 6.07) is 2.16. The highest BCUT2D eigenvalue weighted by Gasteiger charge is 2.15. The Balaban J connectivity index is 2.60. The highest BCUT2D eigenvalue weighted by molar-refractivity contribution is 4.96. The van der Waals surface area contributed by atoms with Crippen LogP contribution in [0.25, 0.3) is 0 Å². The van der Waals surface area contributed by atoms with Crippen LogP contribution >= 0.6 is 0 Å². The minimum Gasteiger partial charge on any atom is -0.308 e. The summed E-state index contributed by atoms with van der Waals surface area (Å²) >= 11 is 0. The van der Waals surface area contributed by atoms with Gasteiger partial charge in [-0.05, 0) is 24.9 Å². The Hall–Kier alpha value is -0.960. The minimum atomic E-state index is 0.299. The number of nitrogens with one attached hydrogen (secondary N) is 1. The van der Waals surface area contributed by atoms with Crippen LogP contribution in [-0.4, -0.2) is 16.5 Å². The summed E-state index contributed by atoms with van der Waals surface area (Å²) < 4.78 is 0. The monoisotopic (exact) mass is 221 g/mol. The van der Waals surface area contributed by atoms with E-state index in [9.17, 15) is 0 Å². The van der Waals surface area contributed by atoms with Gasteiger partial charge in [0, 0.05) is 12.4 Å². The van der Waals surface area contributed by atoms with Crippen molar-refractivity contribution >= 4 is 0 Å². The molecule has 16 heavy (non-hydrogen) atoms. The minimum absolute atomic E-state index is 0.299. The molecule has 1 heterocycles. The third-order valence-electron chi connectivity index (χ3n) is 2.77. The molecule has 0 aromatic carbocycles. The van der Waals surface area contributed by atoms with Crippen LogP contribution in [-0.2, 0) is 0 Å². The zero-order valence-corrected chi connectivity index (χ0v) is 10.6. The predicted molar refractivity (Wildman–Crippen MR) is 67.1 cm³/mol. The molecule has 0 saturated heterocycles. The lowest BCUT2D eigenvalue weighted by Gasteiger charge is -2.20. The molecule has 1 rings (SSSR count). The Morgan fingerprint density at radius 3 is 2.50 bits per heavy atom. The normalized spacial score (nSPS) is 14.7. The molecule has 1 aromatic rings. The number of hydrogen-bond donors (Lipinski definition) is 1. The quantitative estimate of drug-likeness (QED) is 0.769. The van der Waals surface area contributed by atoms with Crippen LogP contribution < -0.4 is 5.32 Å². The summed E-state index contributed by atoms with van der Waals surface area (Å²) in [7, 11) is 0. The van der Waals surface area contributed by atoms with Gasteiger partial charge in [0.2, 0.25) is 0 Å². The van der Waals surface area contributed by atoms with E-state index < -0.39 is 0 Å². The van der Waals surface area contributed by atoms with Crippen molar-refractivity contribution in [1.29, 1.82) is 0 Å². The molecule has 0 spiro atoms. The number of rotatable bonds is 7. The first-order valence-electron chi connectivity index (χ1n) is 6.28. The molecule has 0 saturated carbocycles. The molecule has 90 valence electrons. The van der Waals surface area contributed by atoms with Crippen molar-refractivity contribution in [2.75, 3.05) is 6.54 Å². The average molecular weight is 221 g/mol.